The van der Waals surface area contributed by atoms with Gasteiger partial charge in [-0.3, -0.25) is 4.79 Å². The van der Waals surface area contributed by atoms with Crippen molar-refractivity contribution in [3.63, 3.8) is 0 Å². The molecule has 0 aliphatic heterocycles. The van der Waals surface area contributed by atoms with Gasteiger partial charge >= 0.3 is 0 Å². The maximum atomic E-state index is 12.1. The number of amides is 1. The quantitative estimate of drug-likeness (QED) is 0.819. The molecule has 1 atom stereocenters. The maximum Gasteiger partial charge on any atom is 0.272 e. The number of nitrogens with zero attached hydrogens (tertiary/aromatic N) is 1. The van der Waals surface area contributed by atoms with Crippen LogP contribution in [0.15, 0.2) is 48.5 Å². The summed E-state index contributed by atoms with van der Waals surface area (Å²) in [7, 11) is 0. The molecule has 0 radical (unpaired) electrons. The van der Waals surface area contributed by atoms with Crippen molar-refractivity contribution < 1.29 is 23.4 Å². The number of halogens is 2. The Kier molecular flexibility index (Phi) is 5.99. The van der Waals surface area contributed by atoms with Gasteiger partial charge in [0.15, 0.2) is 12.7 Å². The molecule has 1 unspecified atom stereocenters. The number of alkyl halides is 2. The number of carbonyl (C=O) groups is 1. The van der Waals surface area contributed by atoms with Crippen LogP contribution in [-0.2, 0) is 11.3 Å². The van der Waals surface area contributed by atoms with Gasteiger partial charge in [0.25, 0.3) is 12.3 Å². The second-order valence-corrected chi connectivity index (χ2v) is 4.70. The average Bonchev–Trinajstić information content (AvgIpc) is 2.58. The molecule has 0 bridgehead atoms. The third-order valence-electron chi connectivity index (χ3n) is 2.95. The third kappa shape index (κ3) is 5.30. The number of hydrogen-bond acceptors (Lipinski definition) is 4. The summed E-state index contributed by atoms with van der Waals surface area (Å²) in [5, 5.41) is 12.5. The fourth-order valence-electron chi connectivity index (χ4n) is 1.85. The highest BCUT2D eigenvalue weighted by Gasteiger charge is 2.16. The van der Waals surface area contributed by atoms with Crippen molar-refractivity contribution in [2.75, 3.05) is 6.61 Å². The van der Waals surface area contributed by atoms with Crippen LogP contribution in [-0.4, -0.2) is 29.0 Å². The molecular weight excluding hydrogens is 306 g/mol. The molecule has 2 N–H and O–H groups in total. The summed E-state index contributed by atoms with van der Waals surface area (Å²) in [5.74, 6) is -0.516. The van der Waals surface area contributed by atoms with Crippen molar-refractivity contribution in [1.29, 1.82) is 0 Å². The zero-order chi connectivity index (χ0) is 16.7. The van der Waals surface area contributed by atoms with Crippen LogP contribution in [0.2, 0.25) is 0 Å². The van der Waals surface area contributed by atoms with Gasteiger partial charge in [-0.15, -0.1) is 0 Å². The molecule has 0 fully saturated rings. The Morgan fingerprint density at radius 1 is 1.17 bits per heavy atom. The van der Waals surface area contributed by atoms with Gasteiger partial charge in [-0.25, -0.2) is 13.8 Å². The van der Waals surface area contributed by atoms with E-state index in [0.29, 0.717) is 11.3 Å². The van der Waals surface area contributed by atoms with Crippen LogP contribution in [0, 0.1) is 0 Å². The second kappa shape index (κ2) is 8.19. The first-order chi connectivity index (χ1) is 11.1. The van der Waals surface area contributed by atoms with Gasteiger partial charge < -0.3 is 15.2 Å². The summed E-state index contributed by atoms with van der Waals surface area (Å²) in [6.45, 7) is -0.690. The van der Waals surface area contributed by atoms with E-state index in [4.69, 9.17) is 4.74 Å². The van der Waals surface area contributed by atoms with Crippen LogP contribution >= 0.6 is 0 Å². The molecular formula is C16H16F2N2O3. The number of benzene rings is 1. The molecule has 7 heteroatoms. The van der Waals surface area contributed by atoms with Crippen molar-refractivity contribution in [2.24, 2.45) is 0 Å². The molecule has 5 nitrogen and oxygen atoms in total. The summed E-state index contributed by atoms with van der Waals surface area (Å²) in [6, 6.07) is 13.2. The van der Waals surface area contributed by atoms with Gasteiger partial charge in [0.2, 0.25) is 5.88 Å². The van der Waals surface area contributed by atoms with Crippen LogP contribution in [0.5, 0.6) is 5.88 Å². The number of aromatic nitrogens is 1. The summed E-state index contributed by atoms with van der Waals surface area (Å²) in [5.41, 5.74) is 0.914. The summed E-state index contributed by atoms with van der Waals surface area (Å²) in [6.07, 6.45) is -3.87. The van der Waals surface area contributed by atoms with Crippen LogP contribution in [0.25, 0.3) is 0 Å². The van der Waals surface area contributed by atoms with Crippen molar-refractivity contribution in [3.05, 3.63) is 59.8 Å². The molecule has 2 rings (SSSR count). The number of nitrogens with one attached hydrogen (secondary N) is 1. The number of carbonyl (C=O) groups excluding carboxylic acids is 1. The zero-order valence-electron chi connectivity index (χ0n) is 12.2. The minimum absolute atomic E-state index is 0.0502. The van der Waals surface area contributed by atoms with Crippen LogP contribution in [0.4, 0.5) is 8.78 Å². The van der Waals surface area contributed by atoms with E-state index in [9.17, 15) is 18.7 Å². The van der Waals surface area contributed by atoms with Crippen LogP contribution in [0.3, 0.4) is 0 Å². The molecule has 0 aliphatic carbocycles. The Balaban J connectivity index is 1.90. The molecule has 1 aromatic heterocycles. The van der Waals surface area contributed by atoms with Gasteiger partial charge in [0.05, 0.1) is 12.2 Å². The van der Waals surface area contributed by atoms with E-state index in [2.05, 4.69) is 10.3 Å². The summed E-state index contributed by atoms with van der Waals surface area (Å²) < 4.78 is 29.0. The largest absolute Gasteiger partial charge is 0.472 e. The number of hydrogen-bond donors (Lipinski definition) is 2. The van der Waals surface area contributed by atoms with E-state index in [0.717, 1.165) is 0 Å². The Bertz CT molecular complexity index is 638. The fraction of sp³-hybridized carbons (Fsp3) is 0.250. The first kappa shape index (κ1) is 16.8. The average molecular weight is 322 g/mol. The molecule has 0 aliphatic rings. The zero-order valence-corrected chi connectivity index (χ0v) is 12.2. The Hall–Kier alpha value is -2.54. The lowest BCUT2D eigenvalue weighted by molar-refractivity contribution is -0.129. The lowest BCUT2D eigenvalue weighted by atomic mass is 10.1. The molecule has 1 heterocycles. The molecule has 1 amide bonds. The van der Waals surface area contributed by atoms with E-state index in [1.807, 2.05) is 0 Å². The molecule has 23 heavy (non-hydrogen) atoms. The van der Waals surface area contributed by atoms with Crippen molar-refractivity contribution >= 4 is 5.91 Å². The number of ether oxygens (including phenoxy) is 1. The molecule has 122 valence electrons. The third-order valence-corrected chi connectivity index (χ3v) is 2.95. The molecule has 2 aromatic rings. The number of aliphatic hydroxyl groups is 1. The van der Waals surface area contributed by atoms with Gasteiger partial charge in [-0.2, -0.15) is 0 Å². The van der Waals surface area contributed by atoms with Crippen LogP contribution in [0.1, 0.15) is 17.4 Å². The predicted molar refractivity (Wildman–Crippen MR) is 79.0 cm³/mol. The van der Waals surface area contributed by atoms with Gasteiger partial charge in [0.1, 0.15) is 0 Å². The van der Waals surface area contributed by atoms with E-state index in [1.165, 1.54) is 6.07 Å². The normalized spacial score (nSPS) is 12.0. The van der Waals surface area contributed by atoms with Crippen LogP contribution < -0.4 is 10.1 Å². The number of rotatable bonds is 7. The van der Waals surface area contributed by atoms with Gasteiger partial charge in [0, 0.05) is 6.07 Å². The first-order valence-electron chi connectivity index (χ1n) is 6.94. The number of pyridine rings is 1. The smallest absolute Gasteiger partial charge is 0.272 e. The predicted octanol–water partition coefficient (Wildman–Crippen LogP) is 2.08. The van der Waals surface area contributed by atoms with E-state index in [-0.39, 0.29) is 12.4 Å². The van der Waals surface area contributed by atoms with Gasteiger partial charge in [-0.05, 0) is 11.6 Å². The molecule has 1 aromatic carbocycles. The van der Waals surface area contributed by atoms with Crippen molar-refractivity contribution in [3.8, 4) is 5.88 Å². The minimum atomic E-state index is -2.58. The topological polar surface area (TPSA) is 71.5 Å². The lowest BCUT2D eigenvalue weighted by Gasteiger charge is -2.12. The summed E-state index contributed by atoms with van der Waals surface area (Å²) in [4.78, 5) is 15.9. The molecule has 0 saturated heterocycles. The van der Waals surface area contributed by atoms with E-state index in [1.54, 1.807) is 42.5 Å². The Morgan fingerprint density at radius 3 is 2.61 bits per heavy atom. The number of aliphatic hydroxyl groups excluding tert-OH is 1. The monoisotopic (exact) mass is 322 g/mol. The maximum absolute atomic E-state index is 12.1. The second-order valence-electron chi connectivity index (χ2n) is 4.70. The van der Waals surface area contributed by atoms with E-state index >= 15 is 0 Å². The Labute approximate surface area is 131 Å². The standard InChI is InChI=1S/C16H16F2N2O3/c17-13(18)10-23-14-8-4-7-12(20-14)9-19-16(22)15(21)11-5-2-1-3-6-11/h1-8,13,15,21H,9-10H2,(H,19,22). The SMILES string of the molecule is O=C(NCc1cccc(OCC(F)F)n1)C(O)c1ccccc1. The molecule has 0 spiro atoms. The fourth-order valence-corrected chi connectivity index (χ4v) is 1.85. The molecule has 0 saturated carbocycles. The summed E-state index contributed by atoms with van der Waals surface area (Å²) >= 11 is 0. The van der Waals surface area contributed by atoms with Crippen molar-refractivity contribution in [2.45, 2.75) is 19.1 Å². The van der Waals surface area contributed by atoms with E-state index < -0.39 is 25.0 Å². The first-order valence-corrected chi connectivity index (χ1v) is 6.94. The highest BCUT2D eigenvalue weighted by atomic mass is 19.3. The van der Waals surface area contributed by atoms with Gasteiger partial charge in [-0.1, -0.05) is 36.4 Å². The highest BCUT2D eigenvalue weighted by molar-refractivity contribution is 5.81. The minimum Gasteiger partial charge on any atom is -0.472 e. The lowest BCUT2D eigenvalue weighted by Crippen LogP contribution is -2.29. The van der Waals surface area contributed by atoms with Crippen molar-refractivity contribution in [1.82, 2.24) is 10.3 Å². The Morgan fingerprint density at radius 2 is 1.91 bits per heavy atom. The highest BCUT2D eigenvalue weighted by Crippen LogP contribution is 2.13.